The molecule has 2 nitrogen and oxygen atoms in total. The molecule has 0 heterocycles. The van der Waals surface area contributed by atoms with E-state index >= 15 is 0 Å². The van der Waals surface area contributed by atoms with Crippen molar-refractivity contribution in [2.45, 2.75) is 23.2 Å². The van der Waals surface area contributed by atoms with E-state index in [-0.39, 0.29) is 11.6 Å². The zero-order valence-corrected chi connectivity index (χ0v) is 14.7. The maximum Gasteiger partial charge on any atom is 0.416 e. The Kier molecular flexibility index (Phi) is 6.06. The Hall–Kier alpha value is -1.37. The minimum atomic E-state index is -4.41. The Balaban J connectivity index is 2.02. The summed E-state index contributed by atoms with van der Waals surface area (Å²) in [5.74, 6) is -0.351. The minimum absolute atomic E-state index is 0.289. The minimum Gasteiger partial charge on any atom is -0.325 e. The molecule has 24 heavy (non-hydrogen) atoms. The van der Waals surface area contributed by atoms with Gasteiger partial charge in [-0.25, -0.2) is 0 Å². The van der Waals surface area contributed by atoms with Gasteiger partial charge in [-0.3, -0.25) is 4.79 Å². The summed E-state index contributed by atoms with van der Waals surface area (Å²) in [6.07, 6.45) is -4.41. The number of halogens is 5. The van der Waals surface area contributed by atoms with Gasteiger partial charge in [0.25, 0.3) is 0 Å². The van der Waals surface area contributed by atoms with E-state index in [1.807, 2.05) is 0 Å². The number of benzene rings is 2. The van der Waals surface area contributed by atoms with Crippen LogP contribution in [0.25, 0.3) is 0 Å². The Morgan fingerprint density at radius 2 is 1.75 bits per heavy atom. The van der Waals surface area contributed by atoms with Crippen molar-refractivity contribution in [3.05, 3.63) is 58.1 Å². The van der Waals surface area contributed by atoms with E-state index in [1.54, 1.807) is 25.1 Å². The predicted octanol–water partition coefficient (Wildman–Crippen LogP) is 6.13. The number of carbonyl (C=O) groups is 1. The normalized spacial score (nSPS) is 12.8. The smallest absolute Gasteiger partial charge is 0.325 e. The fraction of sp³-hybridized carbons (Fsp3) is 0.188. The standard InChI is InChI=1S/C16H12Cl2F3NOS/c1-9(24-14-8-11(17)4-7-13(14)18)15(23)22-12-5-2-10(3-6-12)16(19,20)21/h2-9H,1H3,(H,22,23)/t9-/m1/s1. The average Bonchev–Trinajstić information content (AvgIpc) is 2.50. The lowest BCUT2D eigenvalue weighted by atomic mass is 10.2. The van der Waals surface area contributed by atoms with Crippen LogP contribution in [0.1, 0.15) is 12.5 Å². The van der Waals surface area contributed by atoms with Gasteiger partial charge in [-0.15, -0.1) is 11.8 Å². The van der Waals surface area contributed by atoms with Crippen LogP contribution in [0.5, 0.6) is 0 Å². The molecular weight excluding hydrogens is 382 g/mol. The zero-order valence-electron chi connectivity index (χ0n) is 12.3. The number of anilines is 1. The van der Waals surface area contributed by atoms with Gasteiger partial charge in [-0.05, 0) is 49.4 Å². The summed E-state index contributed by atoms with van der Waals surface area (Å²) < 4.78 is 37.5. The van der Waals surface area contributed by atoms with Gasteiger partial charge in [0.15, 0.2) is 0 Å². The highest BCUT2D eigenvalue weighted by atomic mass is 35.5. The molecule has 1 atom stereocenters. The van der Waals surface area contributed by atoms with E-state index in [1.165, 1.54) is 23.9 Å². The van der Waals surface area contributed by atoms with Gasteiger partial charge >= 0.3 is 6.18 Å². The summed E-state index contributed by atoms with van der Waals surface area (Å²) in [6, 6.07) is 9.18. The third-order valence-corrected chi connectivity index (χ3v) is 4.88. The highest BCUT2D eigenvalue weighted by Gasteiger charge is 2.30. The van der Waals surface area contributed by atoms with Crippen molar-refractivity contribution in [2.75, 3.05) is 5.32 Å². The highest BCUT2D eigenvalue weighted by Crippen LogP contribution is 2.33. The van der Waals surface area contributed by atoms with E-state index in [4.69, 9.17) is 23.2 Å². The van der Waals surface area contributed by atoms with Crippen LogP contribution in [0.3, 0.4) is 0 Å². The number of hydrogen-bond donors (Lipinski definition) is 1. The van der Waals surface area contributed by atoms with E-state index in [0.717, 1.165) is 12.1 Å². The molecule has 1 amide bonds. The van der Waals surface area contributed by atoms with Crippen molar-refractivity contribution in [1.29, 1.82) is 0 Å². The van der Waals surface area contributed by atoms with Crippen LogP contribution in [0.15, 0.2) is 47.4 Å². The maximum absolute atomic E-state index is 12.5. The van der Waals surface area contributed by atoms with Crippen LogP contribution >= 0.6 is 35.0 Å². The molecule has 8 heteroatoms. The molecule has 0 aliphatic carbocycles. The van der Waals surface area contributed by atoms with Gasteiger partial charge in [-0.2, -0.15) is 13.2 Å². The van der Waals surface area contributed by atoms with Crippen molar-refractivity contribution in [1.82, 2.24) is 0 Å². The van der Waals surface area contributed by atoms with Crippen molar-refractivity contribution in [2.24, 2.45) is 0 Å². The molecule has 0 saturated heterocycles. The third-order valence-electron chi connectivity index (χ3n) is 3.05. The second kappa shape index (κ2) is 7.68. The number of alkyl halides is 3. The molecule has 128 valence electrons. The van der Waals surface area contributed by atoms with Gasteiger partial charge in [0.1, 0.15) is 0 Å². The molecule has 0 bridgehead atoms. The summed E-state index contributed by atoms with van der Waals surface area (Å²) in [6.45, 7) is 1.67. The van der Waals surface area contributed by atoms with Crippen LogP contribution in [-0.4, -0.2) is 11.2 Å². The quantitative estimate of drug-likeness (QED) is 0.632. The first-order chi connectivity index (χ1) is 11.2. The lowest BCUT2D eigenvalue weighted by Crippen LogP contribution is -2.22. The Morgan fingerprint density at radius 3 is 2.33 bits per heavy atom. The number of carbonyl (C=O) groups excluding carboxylic acids is 1. The zero-order chi connectivity index (χ0) is 17.9. The first-order valence-electron chi connectivity index (χ1n) is 6.76. The van der Waals surface area contributed by atoms with Crippen LogP contribution in [-0.2, 0) is 11.0 Å². The lowest BCUT2D eigenvalue weighted by Gasteiger charge is -2.14. The van der Waals surface area contributed by atoms with Gasteiger partial charge in [-0.1, -0.05) is 23.2 Å². The number of rotatable bonds is 4. The SMILES string of the molecule is C[C@@H](Sc1cc(Cl)ccc1Cl)C(=O)Nc1ccc(C(F)(F)F)cc1. The number of hydrogen-bond acceptors (Lipinski definition) is 2. The first-order valence-corrected chi connectivity index (χ1v) is 8.40. The summed E-state index contributed by atoms with van der Waals surface area (Å²) in [7, 11) is 0. The molecule has 2 rings (SSSR count). The number of thioether (sulfide) groups is 1. The predicted molar refractivity (Wildman–Crippen MR) is 91.9 cm³/mol. The number of nitrogens with one attached hydrogen (secondary N) is 1. The molecule has 1 N–H and O–H groups in total. The van der Waals surface area contributed by atoms with Crippen molar-refractivity contribution in [3.63, 3.8) is 0 Å². The average molecular weight is 394 g/mol. The topological polar surface area (TPSA) is 29.1 Å². The molecule has 0 radical (unpaired) electrons. The van der Waals surface area contributed by atoms with Crippen LogP contribution in [0.2, 0.25) is 10.0 Å². The Morgan fingerprint density at radius 1 is 1.12 bits per heavy atom. The molecule has 0 fully saturated rings. The summed E-state index contributed by atoms with van der Waals surface area (Å²) in [5.41, 5.74) is -0.480. The van der Waals surface area contributed by atoms with E-state index in [0.29, 0.717) is 14.9 Å². The molecule has 0 aliphatic rings. The fourth-order valence-electron chi connectivity index (χ4n) is 1.80. The monoisotopic (exact) mass is 393 g/mol. The van der Waals surface area contributed by atoms with Gasteiger partial charge in [0, 0.05) is 15.6 Å². The molecule has 0 saturated carbocycles. The van der Waals surface area contributed by atoms with Crippen molar-refractivity contribution >= 4 is 46.6 Å². The molecule has 0 spiro atoms. The molecule has 0 aliphatic heterocycles. The van der Waals surface area contributed by atoms with Crippen molar-refractivity contribution in [3.8, 4) is 0 Å². The third kappa shape index (κ3) is 5.06. The van der Waals surface area contributed by atoms with Gasteiger partial charge < -0.3 is 5.32 Å². The van der Waals surface area contributed by atoms with Crippen LogP contribution < -0.4 is 5.32 Å². The van der Waals surface area contributed by atoms with Crippen LogP contribution in [0, 0.1) is 0 Å². The number of amides is 1. The maximum atomic E-state index is 12.5. The first kappa shape index (κ1) is 19.0. The summed E-state index contributed by atoms with van der Waals surface area (Å²) in [4.78, 5) is 12.8. The van der Waals surface area contributed by atoms with E-state index < -0.39 is 17.0 Å². The van der Waals surface area contributed by atoms with Gasteiger partial charge in [0.2, 0.25) is 5.91 Å². The van der Waals surface area contributed by atoms with Gasteiger partial charge in [0.05, 0.1) is 15.8 Å². The second-order valence-electron chi connectivity index (χ2n) is 4.90. The summed E-state index contributed by atoms with van der Waals surface area (Å²) >= 11 is 13.2. The van der Waals surface area contributed by atoms with E-state index in [9.17, 15) is 18.0 Å². The second-order valence-corrected chi connectivity index (χ2v) is 7.13. The molecule has 0 aromatic heterocycles. The summed E-state index contributed by atoms with van der Waals surface area (Å²) in [5, 5.41) is 3.03. The molecule has 2 aromatic carbocycles. The Labute approximate surface area is 151 Å². The molecule has 0 unspecified atom stereocenters. The van der Waals surface area contributed by atoms with Crippen LogP contribution in [0.4, 0.5) is 18.9 Å². The van der Waals surface area contributed by atoms with E-state index in [2.05, 4.69) is 5.32 Å². The lowest BCUT2D eigenvalue weighted by molar-refractivity contribution is -0.137. The van der Waals surface area contributed by atoms with Crippen molar-refractivity contribution < 1.29 is 18.0 Å². The highest BCUT2D eigenvalue weighted by molar-refractivity contribution is 8.00. The Bertz CT molecular complexity index is 735. The molecular formula is C16H12Cl2F3NOS. The molecule has 2 aromatic rings. The fourth-order valence-corrected chi connectivity index (χ4v) is 3.21. The largest absolute Gasteiger partial charge is 0.416 e.